The topological polar surface area (TPSA) is 81.2 Å². The van der Waals surface area contributed by atoms with Gasteiger partial charge in [0, 0.05) is 31.4 Å². The van der Waals surface area contributed by atoms with Gasteiger partial charge in [-0.3, -0.25) is 9.36 Å². The molecule has 8 heteroatoms. The Balaban J connectivity index is 1.36. The summed E-state index contributed by atoms with van der Waals surface area (Å²) in [5, 5.41) is 5.01. The molecule has 4 aromatic rings. The van der Waals surface area contributed by atoms with Crippen molar-refractivity contribution in [3.05, 3.63) is 58.5 Å². The molecule has 1 aliphatic rings. The lowest BCUT2D eigenvalue weighted by atomic mass is 9.96. The van der Waals surface area contributed by atoms with Gasteiger partial charge in [-0.25, -0.2) is 9.97 Å². The third-order valence-corrected chi connectivity index (χ3v) is 5.79. The molecule has 0 amide bonds. The minimum absolute atomic E-state index is 0.0598. The summed E-state index contributed by atoms with van der Waals surface area (Å²) in [6.45, 7) is 6.44. The molecular weight excluding hydrogens is 366 g/mol. The Morgan fingerprint density at radius 3 is 2.72 bits per heavy atom. The highest BCUT2D eigenvalue weighted by Crippen LogP contribution is 2.25. The van der Waals surface area contributed by atoms with Crippen LogP contribution in [0.4, 0.5) is 5.82 Å². The van der Waals surface area contributed by atoms with E-state index in [0.717, 1.165) is 48.8 Å². The summed E-state index contributed by atoms with van der Waals surface area (Å²) < 4.78 is 3.64. The number of hydrogen-bond donors (Lipinski definition) is 0. The zero-order chi connectivity index (χ0) is 20.0. The number of fused-ring (bicyclic) bond motifs is 2. The molecule has 0 unspecified atom stereocenters. The van der Waals surface area contributed by atoms with E-state index in [9.17, 15) is 4.79 Å². The fraction of sp³-hybridized carbons (Fsp3) is 0.381. The van der Waals surface area contributed by atoms with E-state index in [1.165, 1.54) is 0 Å². The first-order valence-corrected chi connectivity index (χ1v) is 9.98. The Kier molecular flexibility index (Phi) is 4.26. The number of aryl methyl sites for hydroxylation is 2. The molecule has 4 heterocycles. The second-order valence-electron chi connectivity index (χ2n) is 7.75. The fourth-order valence-electron chi connectivity index (χ4n) is 4.23. The van der Waals surface area contributed by atoms with E-state index >= 15 is 0 Å². The van der Waals surface area contributed by atoms with E-state index in [1.807, 2.05) is 42.7 Å². The molecule has 1 aromatic carbocycles. The van der Waals surface area contributed by atoms with Crippen molar-refractivity contribution in [3.8, 4) is 0 Å². The van der Waals surface area contributed by atoms with Gasteiger partial charge in [0.25, 0.3) is 11.3 Å². The Hall–Kier alpha value is -3.29. The average Bonchev–Trinajstić information content (AvgIpc) is 3.19. The van der Waals surface area contributed by atoms with Crippen LogP contribution in [-0.4, -0.2) is 42.2 Å². The van der Waals surface area contributed by atoms with Gasteiger partial charge in [-0.1, -0.05) is 12.1 Å². The quantitative estimate of drug-likeness (QED) is 0.535. The molecule has 8 nitrogen and oxygen atoms in total. The summed E-state index contributed by atoms with van der Waals surface area (Å²) in [5.74, 6) is 2.89. The number of nitrogens with zero attached hydrogens (tertiary/aromatic N) is 7. The van der Waals surface area contributed by atoms with Crippen molar-refractivity contribution in [1.29, 1.82) is 0 Å². The summed E-state index contributed by atoms with van der Waals surface area (Å²) in [6.07, 6.45) is 3.56. The summed E-state index contributed by atoms with van der Waals surface area (Å²) in [7, 11) is 0. The maximum atomic E-state index is 13.0. The number of benzene rings is 1. The van der Waals surface area contributed by atoms with Crippen LogP contribution in [0.25, 0.3) is 16.7 Å². The molecule has 3 aromatic heterocycles. The van der Waals surface area contributed by atoms with Gasteiger partial charge >= 0.3 is 0 Å². The minimum atomic E-state index is 0.0598. The van der Waals surface area contributed by atoms with Gasteiger partial charge in [0.2, 0.25) is 0 Å². The van der Waals surface area contributed by atoms with E-state index in [0.29, 0.717) is 23.6 Å². The van der Waals surface area contributed by atoms with E-state index < -0.39 is 0 Å². The first-order chi connectivity index (χ1) is 14.1. The Labute approximate surface area is 167 Å². The van der Waals surface area contributed by atoms with Crippen LogP contribution >= 0.6 is 0 Å². The van der Waals surface area contributed by atoms with Gasteiger partial charge in [-0.15, -0.1) is 0 Å². The third-order valence-electron chi connectivity index (χ3n) is 5.79. The van der Waals surface area contributed by atoms with Crippen LogP contribution in [0.3, 0.4) is 0 Å². The number of rotatable bonds is 3. The molecule has 0 spiro atoms. The number of hydrogen-bond acceptors (Lipinski definition) is 6. The predicted octanol–water partition coefficient (Wildman–Crippen LogP) is 2.37. The first-order valence-electron chi connectivity index (χ1n) is 9.98. The van der Waals surface area contributed by atoms with Gasteiger partial charge in [0.1, 0.15) is 18.0 Å². The highest BCUT2D eigenvalue weighted by atomic mass is 16.1. The monoisotopic (exact) mass is 389 g/mol. The molecule has 29 heavy (non-hydrogen) atoms. The predicted molar refractivity (Wildman–Crippen MR) is 111 cm³/mol. The summed E-state index contributed by atoms with van der Waals surface area (Å²) in [5.41, 5.74) is 1.77. The molecule has 0 aliphatic carbocycles. The number of para-hydroxylation sites is 1. The van der Waals surface area contributed by atoms with E-state index in [1.54, 1.807) is 10.8 Å². The normalized spacial score (nSPS) is 15.4. The van der Waals surface area contributed by atoms with Crippen molar-refractivity contribution in [2.75, 3.05) is 18.0 Å². The largest absolute Gasteiger partial charge is 0.356 e. The highest BCUT2D eigenvalue weighted by Gasteiger charge is 2.23. The maximum absolute atomic E-state index is 13.0. The smallest absolute Gasteiger partial charge is 0.261 e. The van der Waals surface area contributed by atoms with Crippen molar-refractivity contribution >= 4 is 22.5 Å². The van der Waals surface area contributed by atoms with Gasteiger partial charge < -0.3 is 4.90 Å². The van der Waals surface area contributed by atoms with Crippen LogP contribution in [0.1, 0.15) is 24.4 Å². The lowest BCUT2D eigenvalue weighted by molar-refractivity contribution is 0.347. The van der Waals surface area contributed by atoms with E-state index in [-0.39, 0.29) is 5.56 Å². The molecule has 0 N–H and O–H groups in total. The minimum Gasteiger partial charge on any atom is -0.356 e. The van der Waals surface area contributed by atoms with Crippen molar-refractivity contribution in [1.82, 2.24) is 29.1 Å². The van der Waals surface area contributed by atoms with Crippen molar-refractivity contribution in [3.63, 3.8) is 0 Å². The van der Waals surface area contributed by atoms with Crippen molar-refractivity contribution < 1.29 is 0 Å². The first kappa shape index (κ1) is 17.8. The molecule has 0 saturated carbocycles. The van der Waals surface area contributed by atoms with Crippen LogP contribution < -0.4 is 10.5 Å². The average molecular weight is 389 g/mol. The Morgan fingerprint density at radius 2 is 1.90 bits per heavy atom. The second-order valence-corrected chi connectivity index (χ2v) is 7.75. The van der Waals surface area contributed by atoms with Crippen LogP contribution in [0.15, 0.2) is 41.5 Å². The van der Waals surface area contributed by atoms with E-state index in [2.05, 4.69) is 31.0 Å². The number of anilines is 1. The Morgan fingerprint density at radius 1 is 1.10 bits per heavy atom. The SMILES string of the molecule is Cc1cc(N2CCC(Cn3c(C)nc4ccccc4c3=O)CC2)n2ncnc2n1. The molecule has 0 atom stereocenters. The molecule has 148 valence electrons. The second kappa shape index (κ2) is 6.95. The molecule has 1 saturated heterocycles. The van der Waals surface area contributed by atoms with Crippen LogP contribution in [0.5, 0.6) is 0 Å². The number of aromatic nitrogens is 6. The van der Waals surface area contributed by atoms with Gasteiger partial charge in [0.05, 0.1) is 10.9 Å². The van der Waals surface area contributed by atoms with Crippen molar-refractivity contribution in [2.45, 2.75) is 33.2 Å². The maximum Gasteiger partial charge on any atom is 0.261 e. The lowest BCUT2D eigenvalue weighted by Crippen LogP contribution is -2.38. The molecule has 1 aliphatic heterocycles. The van der Waals surface area contributed by atoms with Crippen LogP contribution in [0, 0.1) is 19.8 Å². The molecule has 0 bridgehead atoms. The lowest BCUT2D eigenvalue weighted by Gasteiger charge is -2.33. The Bertz CT molecular complexity index is 1250. The zero-order valence-electron chi connectivity index (χ0n) is 16.6. The standard InChI is InChI=1S/C21H23N7O/c1-14-11-19(28-21(24-14)22-13-23-28)26-9-7-16(8-10-26)12-27-15(2)25-18-6-4-3-5-17(18)20(27)29/h3-6,11,13,16H,7-10,12H2,1-2H3. The van der Waals surface area contributed by atoms with Gasteiger partial charge in [-0.05, 0) is 44.7 Å². The zero-order valence-corrected chi connectivity index (χ0v) is 16.6. The molecular formula is C21H23N7O. The summed E-state index contributed by atoms with van der Waals surface area (Å²) in [4.78, 5) is 28.6. The summed E-state index contributed by atoms with van der Waals surface area (Å²) >= 11 is 0. The summed E-state index contributed by atoms with van der Waals surface area (Å²) in [6, 6.07) is 9.63. The van der Waals surface area contributed by atoms with Crippen LogP contribution in [0.2, 0.25) is 0 Å². The highest BCUT2D eigenvalue weighted by molar-refractivity contribution is 5.77. The van der Waals surface area contributed by atoms with E-state index in [4.69, 9.17) is 0 Å². The molecule has 5 rings (SSSR count). The number of piperidine rings is 1. The van der Waals surface area contributed by atoms with Gasteiger partial charge in [-0.2, -0.15) is 14.6 Å². The van der Waals surface area contributed by atoms with Crippen molar-refractivity contribution in [2.24, 2.45) is 5.92 Å². The van der Waals surface area contributed by atoms with Gasteiger partial charge in [0.15, 0.2) is 0 Å². The molecule has 0 radical (unpaired) electrons. The molecule has 1 fully saturated rings. The van der Waals surface area contributed by atoms with Crippen LogP contribution in [-0.2, 0) is 6.54 Å². The third kappa shape index (κ3) is 3.14. The fourth-order valence-corrected chi connectivity index (χ4v) is 4.23.